The quantitative estimate of drug-likeness (QED) is 0.474. The van der Waals surface area contributed by atoms with Gasteiger partial charge in [-0.1, -0.05) is 23.7 Å². The number of hydrogen-bond acceptors (Lipinski definition) is 5. The first-order chi connectivity index (χ1) is 12.5. The molecule has 7 heteroatoms. The van der Waals surface area contributed by atoms with E-state index in [4.69, 9.17) is 11.6 Å². The predicted molar refractivity (Wildman–Crippen MR) is 102 cm³/mol. The monoisotopic (exact) mass is 373 g/mol. The lowest BCUT2D eigenvalue weighted by Gasteiger charge is -2.28. The molecule has 0 unspecified atom stereocenters. The number of hydrogen-bond donors (Lipinski definition) is 1. The number of para-hydroxylation sites is 2. The van der Waals surface area contributed by atoms with Crippen molar-refractivity contribution in [1.82, 2.24) is 4.90 Å². The zero-order valence-corrected chi connectivity index (χ0v) is 15.2. The van der Waals surface area contributed by atoms with Crippen LogP contribution in [0.1, 0.15) is 23.2 Å². The number of likely N-dealkylation sites (tertiary alicyclic amines) is 1. The Morgan fingerprint density at radius 1 is 1.19 bits per heavy atom. The number of carbonyl (C=O) groups is 1. The van der Waals surface area contributed by atoms with Crippen LogP contribution in [0.4, 0.5) is 17.1 Å². The molecule has 0 atom stereocenters. The number of nitro benzene ring substituents is 1. The van der Waals surface area contributed by atoms with Gasteiger partial charge in [0, 0.05) is 28.3 Å². The van der Waals surface area contributed by atoms with Gasteiger partial charge in [0.05, 0.1) is 4.92 Å². The number of nitro groups is 1. The van der Waals surface area contributed by atoms with E-state index in [1.165, 1.54) is 6.07 Å². The van der Waals surface area contributed by atoms with Crippen LogP contribution in [0.2, 0.25) is 5.02 Å². The number of nitrogens with one attached hydrogen (secondary N) is 1. The Morgan fingerprint density at radius 3 is 2.58 bits per heavy atom. The van der Waals surface area contributed by atoms with Crippen LogP contribution in [0, 0.1) is 16.0 Å². The van der Waals surface area contributed by atoms with Crippen LogP contribution in [-0.2, 0) is 0 Å². The highest BCUT2D eigenvalue weighted by atomic mass is 35.5. The van der Waals surface area contributed by atoms with E-state index in [1.54, 1.807) is 36.4 Å². The number of carbonyl (C=O) groups excluding carboxylic acids is 1. The van der Waals surface area contributed by atoms with Gasteiger partial charge >= 0.3 is 0 Å². The van der Waals surface area contributed by atoms with Gasteiger partial charge < -0.3 is 10.2 Å². The molecule has 2 aromatic rings. The van der Waals surface area contributed by atoms with Crippen molar-refractivity contribution in [1.29, 1.82) is 0 Å². The molecule has 0 bridgehead atoms. The molecule has 26 heavy (non-hydrogen) atoms. The zero-order chi connectivity index (χ0) is 18.7. The maximum absolute atomic E-state index is 13.0. The minimum atomic E-state index is -0.448. The van der Waals surface area contributed by atoms with Gasteiger partial charge in [-0.25, -0.2) is 0 Å². The lowest BCUT2D eigenvalue weighted by Crippen LogP contribution is -2.33. The number of halogens is 1. The largest absolute Gasteiger partial charge is 0.349 e. The van der Waals surface area contributed by atoms with Gasteiger partial charge in [-0.05, 0) is 57.2 Å². The Labute approximate surface area is 156 Å². The summed E-state index contributed by atoms with van der Waals surface area (Å²) >= 11 is 6.11. The lowest BCUT2D eigenvalue weighted by atomic mass is 9.88. The molecule has 0 spiro atoms. The Morgan fingerprint density at radius 2 is 1.88 bits per heavy atom. The highest BCUT2D eigenvalue weighted by Crippen LogP contribution is 2.32. The molecule has 6 nitrogen and oxygen atoms in total. The molecule has 136 valence electrons. The number of anilines is 2. The van der Waals surface area contributed by atoms with Crippen molar-refractivity contribution in [2.45, 2.75) is 12.8 Å². The summed E-state index contributed by atoms with van der Waals surface area (Å²) in [5, 5.41) is 14.7. The highest BCUT2D eigenvalue weighted by molar-refractivity contribution is 6.31. The number of nitrogens with zero attached hydrogens (tertiary/aromatic N) is 2. The standard InChI is InChI=1S/C19H20ClN3O3/c1-22-10-8-13(9-11-22)19(24)15-12-14(20)6-7-16(15)21-17-4-2-3-5-18(17)23(25)26/h2-7,12-13,21H,8-11H2,1H3. The van der Waals surface area contributed by atoms with Crippen molar-refractivity contribution >= 4 is 34.4 Å². The van der Waals surface area contributed by atoms with E-state index in [0.717, 1.165) is 25.9 Å². The number of piperidine rings is 1. The average Bonchev–Trinajstić information content (AvgIpc) is 2.63. The Bertz CT molecular complexity index is 833. The van der Waals surface area contributed by atoms with E-state index in [2.05, 4.69) is 10.2 Å². The van der Waals surface area contributed by atoms with E-state index in [0.29, 0.717) is 22.0 Å². The summed E-state index contributed by atoms with van der Waals surface area (Å²) in [5.74, 6) is -0.0299. The molecule has 2 aromatic carbocycles. The lowest BCUT2D eigenvalue weighted by molar-refractivity contribution is -0.383. The fraction of sp³-hybridized carbons (Fsp3) is 0.316. The molecule has 0 radical (unpaired) electrons. The van der Waals surface area contributed by atoms with Crippen LogP contribution in [0.3, 0.4) is 0 Å². The van der Waals surface area contributed by atoms with Crippen molar-refractivity contribution in [2.24, 2.45) is 5.92 Å². The van der Waals surface area contributed by atoms with Crippen LogP contribution in [0.5, 0.6) is 0 Å². The topological polar surface area (TPSA) is 75.5 Å². The second-order valence-electron chi connectivity index (χ2n) is 6.53. The van der Waals surface area contributed by atoms with Crippen LogP contribution in [-0.4, -0.2) is 35.7 Å². The van der Waals surface area contributed by atoms with Gasteiger partial charge in [0.15, 0.2) is 5.78 Å². The first-order valence-corrected chi connectivity index (χ1v) is 8.86. The highest BCUT2D eigenvalue weighted by Gasteiger charge is 2.26. The summed E-state index contributed by atoms with van der Waals surface area (Å²) in [4.78, 5) is 26.0. The third-order valence-electron chi connectivity index (χ3n) is 4.71. The third-order valence-corrected chi connectivity index (χ3v) is 4.94. The van der Waals surface area contributed by atoms with Crippen molar-refractivity contribution in [3.63, 3.8) is 0 Å². The van der Waals surface area contributed by atoms with E-state index >= 15 is 0 Å². The zero-order valence-electron chi connectivity index (χ0n) is 14.4. The van der Waals surface area contributed by atoms with Crippen molar-refractivity contribution in [2.75, 3.05) is 25.5 Å². The summed E-state index contributed by atoms with van der Waals surface area (Å²) in [6, 6.07) is 11.4. The summed E-state index contributed by atoms with van der Waals surface area (Å²) in [6.07, 6.45) is 1.60. The summed E-state index contributed by atoms with van der Waals surface area (Å²) < 4.78 is 0. The van der Waals surface area contributed by atoms with Gasteiger partial charge in [-0.2, -0.15) is 0 Å². The average molecular weight is 374 g/mol. The molecule has 1 saturated heterocycles. The van der Waals surface area contributed by atoms with Gasteiger partial charge in [0.25, 0.3) is 5.69 Å². The Balaban J connectivity index is 1.92. The molecule has 0 aliphatic carbocycles. The first kappa shape index (κ1) is 18.4. The minimum absolute atomic E-state index is 0.0293. The molecule has 0 aromatic heterocycles. The third kappa shape index (κ3) is 4.03. The van der Waals surface area contributed by atoms with Gasteiger partial charge in [-0.15, -0.1) is 0 Å². The number of Topliss-reactive ketones (excluding diaryl/α,β-unsaturated/α-hetero) is 1. The number of benzene rings is 2. The van der Waals surface area contributed by atoms with Gasteiger partial charge in [0.2, 0.25) is 0 Å². The second-order valence-corrected chi connectivity index (χ2v) is 6.97. The smallest absolute Gasteiger partial charge is 0.292 e. The molecule has 1 aliphatic rings. The van der Waals surface area contributed by atoms with Crippen molar-refractivity contribution < 1.29 is 9.72 Å². The fourth-order valence-corrected chi connectivity index (χ4v) is 3.38. The summed E-state index contributed by atoms with van der Waals surface area (Å²) in [7, 11) is 2.04. The first-order valence-electron chi connectivity index (χ1n) is 8.48. The maximum atomic E-state index is 13.0. The maximum Gasteiger partial charge on any atom is 0.292 e. The molecular weight excluding hydrogens is 354 g/mol. The van der Waals surface area contributed by atoms with Crippen LogP contribution < -0.4 is 5.32 Å². The van der Waals surface area contributed by atoms with Crippen LogP contribution in [0.25, 0.3) is 0 Å². The van der Waals surface area contributed by atoms with E-state index in [1.807, 2.05) is 7.05 Å². The van der Waals surface area contributed by atoms with Crippen molar-refractivity contribution in [3.8, 4) is 0 Å². The molecule has 3 rings (SSSR count). The normalized spacial score (nSPS) is 15.6. The van der Waals surface area contributed by atoms with Crippen LogP contribution >= 0.6 is 11.6 Å². The van der Waals surface area contributed by atoms with Crippen LogP contribution in [0.15, 0.2) is 42.5 Å². The van der Waals surface area contributed by atoms with Gasteiger partial charge in [0.1, 0.15) is 5.69 Å². The molecule has 1 fully saturated rings. The molecule has 1 heterocycles. The minimum Gasteiger partial charge on any atom is -0.349 e. The molecule has 1 aliphatic heterocycles. The number of rotatable bonds is 5. The summed E-state index contributed by atoms with van der Waals surface area (Å²) in [6.45, 7) is 1.76. The van der Waals surface area contributed by atoms with Crippen molar-refractivity contribution in [3.05, 3.63) is 63.2 Å². The number of ketones is 1. The van der Waals surface area contributed by atoms with E-state index in [-0.39, 0.29) is 17.4 Å². The molecule has 0 amide bonds. The molecule has 1 N–H and O–H groups in total. The summed E-state index contributed by atoms with van der Waals surface area (Å²) in [5.41, 5.74) is 1.32. The Hall–Kier alpha value is -2.44. The Kier molecular flexibility index (Phi) is 5.54. The predicted octanol–water partition coefficient (Wildman–Crippen LogP) is 4.52. The second kappa shape index (κ2) is 7.85. The fourth-order valence-electron chi connectivity index (χ4n) is 3.20. The molecule has 0 saturated carbocycles. The SMILES string of the molecule is CN1CCC(C(=O)c2cc(Cl)ccc2Nc2ccccc2[N+](=O)[O-])CC1. The van der Waals surface area contributed by atoms with Gasteiger partial charge in [-0.3, -0.25) is 14.9 Å². The molecular formula is C19H20ClN3O3. The van der Waals surface area contributed by atoms with E-state index in [9.17, 15) is 14.9 Å². The van der Waals surface area contributed by atoms with E-state index < -0.39 is 4.92 Å².